The molecular formula is C17H23NO7. The van der Waals surface area contributed by atoms with E-state index in [1.165, 1.54) is 0 Å². The van der Waals surface area contributed by atoms with Gasteiger partial charge in [0.1, 0.15) is 23.4 Å². The summed E-state index contributed by atoms with van der Waals surface area (Å²) in [7, 11) is 4.66. The molecule has 2 N–H and O–H groups in total. The second-order valence-corrected chi connectivity index (χ2v) is 5.58. The van der Waals surface area contributed by atoms with Crippen LogP contribution in [0.3, 0.4) is 0 Å². The molecule has 0 unspecified atom stereocenters. The monoisotopic (exact) mass is 353 g/mol. The van der Waals surface area contributed by atoms with Crippen molar-refractivity contribution in [1.82, 2.24) is 5.32 Å². The van der Waals surface area contributed by atoms with Crippen LogP contribution in [0.1, 0.15) is 18.4 Å². The van der Waals surface area contributed by atoms with Gasteiger partial charge in [-0.25, -0.2) is 4.79 Å². The molecule has 0 spiro atoms. The normalized spacial score (nSPS) is 19.3. The Labute approximate surface area is 146 Å². The third kappa shape index (κ3) is 4.54. The van der Waals surface area contributed by atoms with Crippen molar-refractivity contribution in [2.24, 2.45) is 0 Å². The maximum Gasteiger partial charge on any atom is 0.332 e. The second kappa shape index (κ2) is 8.57. The molecule has 2 atom stereocenters. The third-order valence-electron chi connectivity index (χ3n) is 4.08. The van der Waals surface area contributed by atoms with E-state index in [2.05, 4.69) is 5.32 Å². The van der Waals surface area contributed by atoms with E-state index in [1.807, 2.05) is 0 Å². The van der Waals surface area contributed by atoms with E-state index in [4.69, 9.17) is 24.1 Å². The summed E-state index contributed by atoms with van der Waals surface area (Å²) in [6, 6.07) is 3.49. The molecule has 138 valence electrons. The summed E-state index contributed by atoms with van der Waals surface area (Å²) < 4.78 is 21.2. The minimum Gasteiger partial charge on any atom is -0.496 e. The number of methoxy groups -OCH3 is 3. The topological polar surface area (TPSA) is 103 Å². The Morgan fingerprint density at radius 2 is 1.72 bits per heavy atom. The Morgan fingerprint density at radius 3 is 2.20 bits per heavy atom. The Hall–Kier alpha value is -2.48. The van der Waals surface area contributed by atoms with Crippen molar-refractivity contribution < 1.29 is 33.6 Å². The van der Waals surface area contributed by atoms with E-state index in [-0.39, 0.29) is 5.91 Å². The molecule has 1 aliphatic heterocycles. The Morgan fingerprint density at radius 1 is 1.12 bits per heavy atom. The number of nitrogens with one attached hydrogen (secondary N) is 1. The number of amides is 1. The lowest BCUT2D eigenvalue weighted by Crippen LogP contribution is -2.36. The van der Waals surface area contributed by atoms with Crippen LogP contribution in [0.15, 0.2) is 12.1 Å². The highest BCUT2D eigenvalue weighted by molar-refractivity contribution is 5.82. The van der Waals surface area contributed by atoms with E-state index in [0.29, 0.717) is 43.1 Å². The fourth-order valence-electron chi connectivity index (χ4n) is 2.76. The number of carboxylic acids is 1. The summed E-state index contributed by atoms with van der Waals surface area (Å²) in [5.41, 5.74) is 0.807. The van der Waals surface area contributed by atoms with Crippen LogP contribution in [0, 0.1) is 0 Å². The summed E-state index contributed by atoms with van der Waals surface area (Å²) in [5.74, 6) is 0.473. The number of carbonyl (C=O) groups excluding carboxylic acids is 1. The van der Waals surface area contributed by atoms with Gasteiger partial charge in [-0.3, -0.25) is 4.79 Å². The predicted octanol–water partition coefficient (Wildman–Crippen LogP) is 1.00. The molecule has 0 aliphatic carbocycles. The molecule has 25 heavy (non-hydrogen) atoms. The lowest BCUT2D eigenvalue weighted by Gasteiger charge is -2.16. The van der Waals surface area contributed by atoms with E-state index in [0.717, 1.165) is 5.56 Å². The molecule has 1 saturated heterocycles. The van der Waals surface area contributed by atoms with Crippen molar-refractivity contribution in [2.45, 2.75) is 31.5 Å². The number of hydrogen-bond donors (Lipinski definition) is 2. The number of hydrogen-bond acceptors (Lipinski definition) is 6. The molecule has 0 radical (unpaired) electrons. The van der Waals surface area contributed by atoms with Crippen LogP contribution in [0.25, 0.3) is 0 Å². The fourth-order valence-corrected chi connectivity index (χ4v) is 2.76. The first-order chi connectivity index (χ1) is 12.0. The van der Waals surface area contributed by atoms with Crippen LogP contribution in [-0.2, 0) is 20.7 Å². The first kappa shape index (κ1) is 18.9. The lowest BCUT2D eigenvalue weighted by molar-refractivity contribution is -0.151. The Balaban J connectivity index is 1.95. The van der Waals surface area contributed by atoms with Crippen LogP contribution in [0.5, 0.6) is 17.2 Å². The van der Waals surface area contributed by atoms with Gasteiger partial charge in [0.15, 0.2) is 6.10 Å². The van der Waals surface area contributed by atoms with Gasteiger partial charge in [-0.1, -0.05) is 0 Å². The molecule has 8 nitrogen and oxygen atoms in total. The first-order valence-corrected chi connectivity index (χ1v) is 7.95. The summed E-state index contributed by atoms with van der Waals surface area (Å²) in [6.45, 7) is 0.343. The zero-order valence-electron chi connectivity index (χ0n) is 14.5. The van der Waals surface area contributed by atoms with E-state index >= 15 is 0 Å². The number of ether oxygens (including phenoxy) is 4. The standard InChI is InChI=1S/C17H23NO7/c1-22-10-8-14(23-2)11(15(9-10)24-3)6-7-18-16(19)12-4-5-13(25-12)17(20)21/h8-9,12-13H,4-7H2,1-3H3,(H,18,19)(H,20,21)/t12-,13+/m0/s1. The number of rotatable bonds is 8. The SMILES string of the molecule is COc1cc(OC)c(CCNC(=O)[C@@H]2CC[C@H](C(=O)O)O2)c(OC)c1. The van der Waals surface area contributed by atoms with Gasteiger partial charge in [0.05, 0.1) is 21.3 Å². The average Bonchev–Trinajstić information content (AvgIpc) is 3.11. The second-order valence-electron chi connectivity index (χ2n) is 5.58. The van der Waals surface area contributed by atoms with Crippen LogP contribution < -0.4 is 19.5 Å². The first-order valence-electron chi connectivity index (χ1n) is 7.95. The molecular weight excluding hydrogens is 330 g/mol. The van der Waals surface area contributed by atoms with Gasteiger partial charge in [-0.05, 0) is 19.3 Å². The van der Waals surface area contributed by atoms with Gasteiger partial charge < -0.3 is 29.4 Å². The summed E-state index contributed by atoms with van der Waals surface area (Å²) >= 11 is 0. The van der Waals surface area contributed by atoms with Crippen LogP contribution in [0.4, 0.5) is 0 Å². The minimum absolute atomic E-state index is 0.310. The highest BCUT2D eigenvalue weighted by atomic mass is 16.5. The van der Waals surface area contributed by atoms with E-state index < -0.39 is 18.2 Å². The highest BCUT2D eigenvalue weighted by Gasteiger charge is 2.34. The van der Waals surface area contributed by atoms with Crippen molar-refractivity contribution in [2.75, 3.05) is 27.9 Å². The maximum absolute atomic E-state index is 12.1. The molecule has 1 fully saturated rings. The average molecular weight is 353 g/mol. The van der Waals surface area contributed by atoms with Crippen molar-refractivity contribution in [3.63, 3.8) is 0 Å². The van der Waals surface area contributed by atoms with Crippen LogP contribution in [-0.4, -0.2) is 57.1 Å². The smallest absolute Gasteiger partial charge is 0.332 e. The molecule has 0 bridgehead atoms. The van der Waals surface area contributed by atoms with E-state index in [1.54, 1.807) is 33.5 Å². The molecule has 1 aromatic rings. The lowest BCUT2D eigenvalue weighted by atomic mass is 10.1. The molecule has 2 rings (SSSR count). The summed E-state index contributed by atoms with van der Waals surface area (Å²) in [6.07, 6.45) is -0.402. The van der Waals surface area contributed by atoms with Crippen molar-refractivity contribution in [3.8, 4) is 17.2 Å². The largest absolute Gasteiger partial charge is 0.496 e. The van der Waals surface area contributed by atoms with Crippen molar-refractivity contribution in [3.05, 3.63) is 17.7 Å². The Kier molecular flexibility index (Phi) is 6.46. The molecule has 1 aromatic carbocycles. The van der Waals surface area contributed by atoms with Gasteiger partial charge in [0, 0.05) is 24.2 Å². The maximum atomic E-state index is 12.1. The fraction of sp³-hybridized carbons (Fsp3) is 0.529. The molecule has 1 aliphatic rings. The highest BCUT2D eigenvalue weighted by Crippen LogP contribution is 2.34. The third-order valence-corrected chi connectivity index (χ3v) is 4.08. The van der Waals surface area contributed by atoms with Crippen molar-refractivity contribution in [1.29, 1.82) is 0 Å². The van der Waals surface area contributed by atoms with Crippen molar-refractivity contribution >= 4 is 11.9 Å². The number of benzene rings is 1. The van der Waals surface area contributed by atoms with Crippen LogP contribution >= 0.6 is 0 Å². The number of carbonyl (C=O) groups is 2. The molecule has 8 heteroatoms. The summed E-state index contributed by atoms with van der Waals surface area (Å²) in [4.78, 5) is 23.0. The zero-order chi connectivity index (χ0) is 18.4. The quantitative estimate of drug-likeness (QED) is 0.719. The van der Waals surface area contributed by atoms with Crippen LogP contribution in [0.2, 0.25) is 0 Å². The van der Waals surface area contributed by atoms with Gasteiger partial charge >= 0.3 is 5.97 Å². The molecule has 1 heterocycles. The van der Waals surface area contributed by atoms with Gasteiger partial charge in [-0.15, -0.1) is 0 Å². The zero-order valence-corrected chi connectivity index (χ0v) is 14.5. The molecule has 0 aromatic heterocycles. The summed E-state index contributed by atoms with van der Waals surface area (Å²) in [5, 5.41) is 11.7. The molecule has 1 amide bonds. The van der Waals surface area contributed by atoms with Gasteiger partial charge in [-0.2, -0.15) is 0 Å². The van der Waals surface area contributed by atoms with E-state index in [9.17, 15) is 9.59 Å². The van der Waals surface area contributed by atoms with Gasteiger partial charge in [0.25, 0.3) is 0 Å². The number of carboxylic acid groups (broad SMARTS) is 1. The number of aliphatic carboxylic acids is 1. The minimum atomic E-state index is -1.04. The predicted molar refractivity (Wildman–Crippen MR) is 88.3 cm³/mol. The Bertz CT molecular complexity index is 606. The molecule has 0 saturated carbocycles. The van der Waals surface area contributed by atoms with Gasteiger partial charge in [0.2, 0.25) is 5.91 Å².